The minimum Gasteiger partial charge on any atom is -0.497 e. The van der Waals surface area contributed by atoms with Gasteiger partial charge in [0.05, 0.1) is 7.11 Å². The van der Waals surface area contributed by atoms with Crippen LogP contribution < -0.4 is 4.74 Å². The Labute approximate surface area is 91.5 Å². The molecule has 0 aliphatic heterocycles. The predicted octanol–water partition coefficient (Wildman–Crippen LogP) is 3.71. The van der Waals surface area contributed by atoms with Crippen molar-refractivity contribution in [3.63, 3.8) is 0 Å². The van der Waals surface area contributed by atoms with Crippen LogP contribution in [0.15, 0.2) is 28.7 Å². The fourth-order valence-corrected chi connectivity index (χ4v) is 1.42. The highest BCUT2D eigenvalue weighted by Crippen LogP contribution is 2.23. The summed E-state index contributed by atoms with van der Waals surface area (Å²) in [6.07, 6.45) is 3.85. The molecule has 0 bridgehead atoms. The van der Waals surface area contributed by atoms with E-state index in [0.717, 1.165) is 15.8 Å². The third-order valence-electron chi connectivity index (χ3n) is 1.59. The summed E-state index contributed by atoms with van der Waals surface area (Å²) in [6, 6.07) is 5.81. The van der Waals surface area contributed by atoms with E-state index in [4.69, 9.17) is 16.3 Å². The summed E-state index contributed by atoms with van der Waals surface area (Å²) in [7, 11) is 1.65. The van der Waals surface area contributed by atoms with Crippen molar-refractivity contribution >= 4 is 33.6 Å². The van der Waals surface area contributed by atoms with Crippen molar-refractivity contribution < 1.29 is 4.74 Å². The van der Waals surface area contributed by atoms with Crippen molar-refractivity contribution in [3.05, 3.63) is 34.3 Å². The third-order valence-corrected chi connectivity index (χ3v) is 2.49. The molecular formula is C10H10BrClO. The molecule has 0 saturated heterocycles. The van der Waals surface area contributed by atoms with Crippen LogP contribution in [0.4, 0.5) is 0 Å². The summed E-state index contributed by atoms with van der Waals surface area (Å²) >= 11 is 8.98. The van der Waals surface area contributed by atoms with Crippen LogP contribution in [0.5, 0.6) is 5.75 Å². The van der Waals surface area contributed by atoms with Crippen molar-refractivity contribution in [2.24, 2.45) is 0 Å². The Bertz CT molecular complexity index is 310. The molecule has 1 nitrogen and oxygen atoms in total. The van der Waals surface area contributed by atoms with E-state index in [1.165, 1.54) is 0 Å². The van der Waals surface area contributed by atoms with Crippen LogP contribution in [-0.4, -0.2) is 13.0 Å². The van der Waals surface area contributed by atoms with E-state index in [1.807, 2.05) is 30.4 Å². The lowest BCUT2D eigenvalue weighted by molar-refractivity contribution is 0.414. The highest BCUT2D eigenvalue weighted by Gasteiger charge is 1.97. The maximum absolute atomic E-state index is 5.54. The number of methoxy groups -OCH3 is 1. The van der Waals surface area contributed by atoms with Crippen LogP contribution >= 0.6 is 27.5 Å². The molecule has 0 aliphatic carbocycles. The number of halogens is 2. The van der Waals surface area contributed by atoms with Gasteiger partial charge in [0.15, 0.2) is 0 Å². The minimum atomic E-state index is 0.518. The Morgan fingerprint density at radius 1 is 1.54 bits per heavy atom. The molecule has 1 aromatic carbocycles. The van der Waals surface area contributed by atoms with Crippen molar-refractivity contribution in [1.29, 1.82) is 0 Å². The van der Waals surface area contributed by atoms with E-state index in [9.17, 15) is 0 Å². The Balaban J connectivity index is 2.97. The zero-order valence-corrected chi connectivity index (χ0v) is 9.60. The molecule has 0 saturated carbocycles. The molecule has 0 spiro atoms. The molecule has 0 fully saturated rings. The fraction of sp³-hybridized carbons (Fsp3) is 0.200. The second kappa shape index (κ2) is 5.30. The molecule has 0 aliphatic rings. The van der Waals surface area contributed by atoms with Gasteiger partial charge in [-0.2, -0.15) is 0 Å². The summed E-state index contributed by atoms with van der Waals surface area (Å²) in [5.74, 6) is 1.36. The van der Waals surface area contributed by atoms with E-state index in [2.05, 4.69) is 15.9 Å². The van der Waals surface area contributed by atoms with E-state index in [-0.39, 0.29) is 0 Å². The zero-order chi connectivity index (χ0) is 9.68. The van der Waals surface area contributed by atoms with Gasteiger partial charge >= 0.3 is 0 Å². The first-order chi connectivity index (χ1) is 6.27. The molecule has 0 radical (unpaired) electrons. The van der Waals surface area contributed by atoms with Crippen LogP contribution in [0.1, 0.15) is 5.56 Å². The molecule has 0 heterocycles. The molecule has 3 heteroatoms. The molecular weight excluding hydrogens is 251 g/mol. The Morgan fingerprint density at radius 2 is 2.31 bits per heavy atom. The van der Waals surface area contributed by atoms with E-state index in [1.54, 1.807) is 7.11 Å². The minimum absolute atomic E-state index is 0.518. The highest BCUT2D eigenvalue weighted by molar-refractivity contribution is 9.10. The number of hydrogen-bond donors (Lipinski definition) is 0. The van der Waals surface area contributed by atoms with Gasteiger partial charge < -0.3 is 4.74 Å². The number of rotatable bonds is 3. The summed E-state index contributed by atoms with van der Waals surface area (Å²) < 4.78 is 6.14. The summed E-state index contributed by atoms with van der Waals surface area (Å²) in [6.45, 7) is 0. The number of benzene rings is 1. The van der Waals surface area contributed by atoms with Gasteiger partial charge in [-0.3, -0.25) is 0 Å². The maximum Gasteiger partial charge on any atom is 0.119 e. The van der Waals surface area contributed by atoms with E-state index >= 15 is 0 Å². The topological polar surface area (TPSA) is 9.23 Å². The van der Waals surface area contributed by atoms with Crippen LogP contribution in [-0.2, 0) is 0 Å². The molecule has 0 amide bonds. The normalized spacial score (nSPS) is 10.7. The fourth-order valence-electron chi connectivity index (χ4n) is 0.948. The average Bonchev–Trinajstić information content (AvgIpc) is 2.17. The van der Waals surface area contributed by atoms with Gasteiger partial charge in [0.1, 0.15) is 5.75 Å². The van der Waals surface area contributed by atoms with Crippen LogP contribution in [0.2, 0.25) is 0 Å². The summed E-state index contributed by atoms with van der Waals surface area (Å²) in [5, 5.41) is 0. The smallest absolute Gasteiger partial charge is 0.119 e. The van der Waals surface area contributed by atoms with Gasteiger partial charge in [-0.05, 0) is 23.8 Å². The predicted molar refractivity (Wildman–Crippen MR) is 60.4 cm³/mol. The summed E-state index contributed by atoms with van der Waals surface area (Å²) in [5.41, 5.74) is 1.07. The second-order valence-electron chi connectivity index (χ2n) is 2.44. The molecule has 70 valence electrons. The van der Waals surface area contributed by atoms with E-state index in [0.29, 0.717) is 5.88 Å². The van der Waals surface area contributed by atoms with E-state index < -0.39 is 0 Å². The molecule has 0 unspecified atom stereocenters. The van der Waals surface area contributed by atoms with Crippen LogP contribution in [0, 0.1) is 0 Å². The Morgan fingerprint density at radius 3 is 2.92 bits per heavy atom. The first kappa shape index (κ1) is 10.6. The number of allylic oxidation sites excluding steroid dienone is 1. The third kappa shape index (κ3) is 3.05. The standard InChI is InChI=1S/C10H10BrClO/c1-13-9-4-5-10(11)8(7-9)3-2-6-12/h2-5,7H,6H2,1H3/b3-2+. The molecule has 0 atom stereocenters. The lowest BCUT2D eigenvalue weighted by Crippen LogP contribution is -1.84. The molecule has 1 rings (SSSR count). The molecule has 13 heavy (non-hydrogen) atoms. The number of ether oxygens (including phenoxy) is 1. The number of alkyl halides is 1. The van der Waals surface area contributed by atoms with Gasteiger partial charge in [0, 0.05) is 10.4 Å². The quantitative estimate of drug-likeness (QED) is 0.754. The van der Waals surface area contributed by atoms with Gasteiger partial charge in [0.25, 0.3) is 0 Å². The van der Waals surface area contributed by atoms with Crippen molar-refractivity contribution in [2.75, 3.05) is 13.0 Å². The average molecular weight is 262 g/mol. The van der Waals surface area contributed by atoms with Gasteiger partial charge in [-0.15, -0.1) is 11.6 Å². The SMILES string of the molecule is COc1ccc(Br)c(/C=C/CCl)c1. The first-order valence-electron chi connectivity index (χ1n) is 3.84. The van der Waals surface area contributed by atoms with Crippen molar-refractivity contribution in [2.45, 2.75) is 0 Å². The molecule has 0 aromatic heterocycles. The van der Waals surface area contributed by atoms with Crippen molar-refractivity contribution in [3.8, 4) is 5.75 Å². The van der Waals surface area contributed by atoms with Crippen LogP contribution in [0.3, 0.4) is 0 Å². The molecule has 0 N–H and O–H groups in total. The maximum atomic E-state index is 5.54. The largest absolute Gasteiger partial charge is 0.497 e. The van der Waals surface area contributed by atoms with Crippen LogP contribution in [0.25, 0.3) is 6.08 Å². The lowest BCUT2D eigenvalue weighted by atomic mass is 10.2. The monoisotopic (exact) mass is 260 g/mol. The Hall–Kier alpha value is -0.470. The Kier molecular flexibility index (Phi) is 4.33. The first-order valence-corrected chi connectivity index (χ1v) is 5.16. The van der Waals surface area contributed by atoms with Gasteiger partial charge in [0.2, 0.25) is 0 Å². The molecule has 1 aromatic rings. The van der Waals surface area contributed by atoms with Crippen molar-refractivity contribution in [1.82, 2.24) is 0 Å². The van der Waals surface area contributed by atoms with Gasteiger partial charge in [-0.1, -0.05) is 28.1 Å². The number of hydrogen-bond acceptors (Lipinski definition) is 1. The lowest BCUT2D eigenvalue weighted by Gasteiger charge is -2.02. The second-order valence-corrected chi connectivity index (χ2v) is 3.61. The highest BCUT2D eigenvalue weighted by atomic mass is 79.9. The summed E-state index contributed by atoms with van der Waals surface area (Å²) in [4.78, 5) is 0. The van der Waals surface area contributed by atoms with Gasteiger partial charge in [-0.25, -0.2) is 0 Å². The zero-order valence-electron chi connectivity index (χ0n) is 7.26.